The molecule has 4 saturated carbocycles. The van der Waals surface area contributed by atoms with Crippen molar-refractivity contribution in [2.75, 3.05) is 6.54 Å². The number of rotatable bonds is 8. The summed E-state index contributed by atoms with van der Waals surface area (Å²) in [5.74, 6) is 2.04. The van der Waals surface area contributed by atoms with E-state index in [-0.39, 0.29) is 33.1 Å². The number of hydrogen-bond acceptors (Lipinski definition) is 3. The van der Waals surface area contributed by atoms with E-state index in [1.807, 2.05) is 12.1 Å². The third kappa shape index (κ3) is 5.49. The molecule has 0 aromatic heterocycles. The second-order valence-corrected chi connectivity index (χ2v) is 19.2. The number of carboxylic acids is 1. The topological polar surface area (TPSA) is 69.6 Å². The van der Waals surface area contributed by atoms with Crippen molar-refractivity contribution in [2.45, 2.75) is 145 Å². The second-order valence-electron chi connectivity index (χ2n) is 19.2. The zero-order valence-corrected chi connectivity index (χ0v) is 32.4. The quantitative estimate of drug-likeness (QED) is 0.270. The molecule has 5 aliphatic carbocycles. The van der Waals surface area contributed by atoms with Gasteiger partial charge in [0.15, 0.2) is 0 Å². The molecule has 9 atom stereocenters. The molecule has 5 nitrogen and oxygen atoms in total. The molecule has 0 aliphatic heterocycles. The van der Waals surface area contributed by atoms with Crippen molar-refractivity contribution in [3.05, 3.63) is 53.6 Å². The fourth-order valence-electron chi connectivity index (χ4n) is 13.7. The second kappa shape index (κ2) is 12.4. The standard InChI is InChI=1S/C44H66N2O3/c1-27(2)32-18-23-44(45-37(47)26-46(28(3)4)29(5)6)25-24-42(10)34(38(32)44)16-17-36-41(9)21-19-33(30-12-14-31(15-13-30)39(48)49)40(7,8)35(41)20-22-43(36,42)11/h12-15,19,28-29,32,34-36,38H,1,16-18,20-26H2,2-11H3,(H,45,47)(H,48,49)/t32-,34+,35-,36+,38+,41-,42+,43+,44-/m0/s1. The Morgan fingerprint density at radius 1 is 0.878 bits per heavy atom. The molecule has 1 aromatic carbocycles. The van der Waals surface area contributed by atoms with Crippen molar-refractivity contribution in [3.8, 4) is 0 Å². The van der Waals surface area contributed by atoms with E-state index in [2.05, 4.69) is 92.1 Å². The van der Waals surface area contributed by atoms with Crippen LogP contribution in [-0.2, 0) is 4.79 Å². The van der Waals surface area contributed by atoms with Gasteiger partial charge in [-0.05, 0) is 167 Å². The van der Waals surface area contributed by atoms with Crippen LogP contribution < -0.4 is 5.32 Å². The molecule has 0 unspecified atom stereocenters. The Bertz CT molecular complexity index is 1500. The number of hydrogen-bond donors (Lipinski definition) is 2. The number of benzene rings is 1. The van der Waals surface area contributed by atoms with Crippen LogP contribution in [0.2, 0.25) is 0 Å². The molecule has 5 aliphatic rings. The first kappa shape index (κ1) is 36.4. The maximum Gasteiger partial charge on any atom is 0.335 e. The first-order valence-corrected chi connectivity index (χ1v) is 19.6. The highest BCUT2D eigenvalue weighted by Gasteiger charge is 2.70. The molecule has 0 heterocycles. The predicted molar refractivity (Wildman–Crippen MR) is 201 cm³/mol. The van der Waals surface area contributed by atoms with E-state index in [1.165, 1.54) is 48.8 Å². The monoisotopic (exact) mass is 671 g/mol. The van der Waals surface area contributed by atoms with Gasteiger partial charge >= 0.3 is 5.97 Å². The number of carbonyl (C=O) groups excluding carboxylic acids is 1. The zero-order valence-electron chi connectivity index (χ0n) is 32.4. The minimum atomic E-state index is -0.870. The lowest BCUT2D eigenvalue weighted by Gasteiger charge is -2.72. The molecule has 0 saturated heterocycles. The van der Waals surface area contributed by atoms with Gasteiger partial charge in [0, 0.05) is 17.6 Å². The maximum atomic E-state index is 13.9. The molecule has 2 N–H and O–H groups in total. The summed E-state index contributed by atoms with van der Waals surface area (Å²) in [5, 5.41) is 13.3. The van der Waals surface area contributed by atoms with Gasteiger partial charge in [-0.25, -0.2) is 4.79 Å². The van der Waals surface area contributed by atoms with Crippen LogP contribution in [0, 0.1) is 51.2 Å². The van der Waals surface area contributed by atoms with Crippen molar-refractivity contribution in [3.63, 3.8) is 0 Å². The molecule has 1 amide bonds. The summed E-state index contributed by atoms with van der Waals surface area (Å²) in [5.41, 5.74) is 4.73. The first-order valence-electron chi connectivity index (χ1n) is 19.6. The number of fused-ring (bicyclic) bond motifs is 7. The van der Waals surface area contributed by atoms with E-state index in [0.29, 0.717) is 53.8 Å². The molecule has 5 heteroatoms. The number of amides is 1. The molecule has 0 spiro atoms. The molecule has 270 valence electrons. The molecule has 4 fully saturated rings. The molecule has 0 bridgehead atoms. The van der Waals surface area contributed by atoms with Gasteiger partial charge in [-0.15, -0.1) is 0 Å². The summed E-state index contributed by atoms with van der Waals surface area (Å²) in [6.07, 6.45) is 13.1. The van der Waals surface area contributed by atoms with Gasteiger partial charge in [0.2, 0.25) is 5.91 Å². The van der Waals surface area contributed by atoms with Gasteiger partial charge in [0.1, 0.15) is 0 Å². The lowest BCUT2D eigenvalue weighted by Crippen LogP contribution is -2.68. The predicted octanol–water partition coefficient (Wildman–Crippen LogP) is 10.0. The van der Waals surface area contributed by atoms with Gasteiger partial charge in [-0.3, -0.25) is 9.69 Å². The van der Waals surface area contributed by atoms with E-state index < -0.39 is 5.97 Å². The van der Waals surface area contributed by atoms with E-state index in [4.69, 9.17) is 0 Å². The smallest absolute Gasteiger partial charge is 0.335 e. The molecular formula is C44H66N2O3. The number of nitrogens with one attached hydrogen (secondary N) is 1. The summed E-state index contributed by atoms with van der Waals surface area (Å²) in [7, 11) is 0. The number of allylic oxidation sites excluding steroid dienone is 3. The highest BCUT2D eigenvalue weighted by molar-refractivity contribution is 5.88. The molecule has 49 heavy (non-hydrogen) atoms. The summed E-state index contributed by atoms with van der Waals surface area (Å²) in [6, 6.07) is 8.24. The molecule has 0 radical (unpaired) electrons. The lowest BCUT2D eigenvalue weighted by atomic mass is 9.33. The van der Waals surface area contributed by atoms with Gasteiger partial charge in [0.05, 0.1) is 12.1 Å². The number of carbonyl (C=O) groups is 2. The van der Waals surface area contributed by atoms with E-state index >= 15 is 0 Å². The summed E-state index contributed by atoms with van der Waals surface area (Å²) in [6.45, 7) is 29.0. The van der Waals surface area contributed by atoms with E-state index in [0.717, 1.165) is 25.7 Å². The average Bonchev–Trinajstić information content (AvgIpc) is 3.39. The summed E-state index contributed by atoms with van der Waals surface area (Å²) in [4.78, 5) is 27.8. The fourth-order valence-corrected chi connectivity index (χ4v) is 13.7. The Hall–Kier alpha value is -2.40. The van der Waals surface area contributed by atoms with Crippen LogP contribution in [0.4, 0.5) is 0 Å². The fraction of sp³-hybridized carbons (Fsp3) is 0.727. The maximum absolute atomic E-state index is 13.9. The average molecular weight is 671 g/mol. The van der Waals surface area contributed by atoms with Crippen LogP contribution in [0.1, 0.15) is 143 Å². The van der Waals surface area contributed by atoms with Crippen molar-refractivity contribution >= 4 is 17.4 Å². The van der Waals surface area contributed by atoms with Gasteiger partial charge in [-0.2, -0.15) is 0 Å². The van der Waals surface area contributed by atoms with Crippen LogP contribution in [0.3, 0.4) is 0 Å². The SMILES string of the molecule is C=C(C)[C@@H]1CC[C@]2(NC(=O)CN(C(C)C)C(C)C)CC[C@]3(C)[C@H](CC[C@@H]4[C@@]5(C)CC=C(c6ccc(C(=O)O)cc6)C(C)(C)[C@@H]5CC[C@]43C)[C@@H]12. The Kier molecular flexibility index (Phi) is 9.19. The Labute approximate surface area is 297 Å². The molecule has 6 rings (SSSR count). The zero-order chi connectivity index (χ0) is 35.9. The van der Waals surface area contributed by atoms with Crippen LogP contribution in [0.25, 0.3) is 5.57 Å². The highest BCUT2D eigenvalue weighted by Crippen LogP contribution is 2.76. The van der Waals surface area contributed by atoms with Crippen LogP contribution in [-0.4, -0.2) is 46.1 Å². The summed E-state index contributed by atoms with van der Waals surface area (Å²) < 4.78 is 0. The third-order valence-electron chi connectivity index (χ3n) is 16.1. The largest absolute Gasteiger partial charge is 0.478 e. The Morgan fingerprint density at radius 2 is 1.53 bits per heavy atom. The van der Waals surface area contributed by atoms with E-state index in [9.17, 15) is 14.7 Å². The Balaban J connectivity index is 1.31. The molecular weight excluding hydrogens is 604 g/mol. The van der Waals surface area contributed by atoms with E-state index in [1.54, 1.807) is 12.1 Å². The minimum Gasteiger partial charge on any atom is -0.478 e. The highest BCUT2D eigenvalue weighted by atomic mass is 16.4. The van der Waals surface area contributed by atoms with Crippen LogP contribution in [0.15, 0.2) is 42.5 Å². The third-order valence-corrected chi connectivity index (χ3v) is 16.1. The normalized spacial score (nSPS) is 39.4. The number of aromatic carboxylic acids is 1. The van der Waals surface area contributed by atoms with Gasteiger partial charge in [0.25, 0.3) is 0 Å². The Morgan fingerprint density at radius 3 is 2.12 bits per heavy atom. The van der Waals surface area contributed by atoms with Crippen molar-refractivity contribution in [1.29, 1.82) is 0 Å². The first-order chi connectivity index (χ1) is 22.8. The number of carboxylic acid groups (broad SMARTS) is 1. The van der Waals surface area contributed by atoms with Crippen molar-refractivity contribution in [1.82, 2.24) is 10.2 Å². The van der Waals surface area contributed by atoms with Gasteiger partial charge in [-0.1, -0.05) is 65.0 Å². The lowest BCUT2D eigenvalue weighted by molar-refractivity contribution is -0.219. The summed E-state index contributed by atoms with van der Waals surface area (Å²) >= 11 is 0. The molecule has 1 aromatic rings. The number of nitrogens with zero attached hydrogens (tertiary/aromatic N) is 1. The van der Waals surface area contributed by atoms with Crippen molar-refractivity contribution in [2.24, 2.45) is 51.2 Å². The van der Waals surface area contributed by atoms with Crippen LogP contribution in [0.5, 0.6) is 0 Å². The van der Waals surface area contributed by atoms with Crippen molar-refractivity contribution < 1.29 is 14.7 Å². The van der Waals surface area contributed by atoms with Crippen LogP contribution >= 0.6 is 0 Å². The minimum absolute atomic E-state index is 0.000814. The van der Waals surface area contributed by atoms with Gasteiger partial charge < -0.3 is 10.4 Å².